The largest absolute Gasteiger partial charge is 0.381 e. The van der Waals surface area contributed by atoms with Gasteiger partial charge < -0.3 is 10.1 Å². The van der Waals surface area contributed by atoms with Gasteiger partial charge in [-0.15, -0.1) is 0 Å². The van der Waals surface area contributed by atoms with Crippen molar-refractivity contribution in [2.24, 2.45) is 5.92 Å². The molecule has 15 heavy (non-hydrogen) atoms. The molecule has 1 N–H and O–H groups in total. The number of rotatable bonds is 7. The van der Waals surface area contributed by atoms with Crippen LogP contribution in [0.25, 0.3) is 0 Å². The molecule has 0 bridgehead atoms. The highest BCUT2D eigenvalue weighted by molar-refractivity contribution is 4.73. The van der Waals surface area contributed by atoms with Gasteiger partial charge in [0.05, 0.1) is 0 Å². The summed E-state index contributed by atoms with van der Waals surface area (Å²) in [6, 6.07) is 0.748. The molecular formula is C13H27NO. The van der Waals surface area contributed by atoms with Gasteiger partial charge in [0.1, 0.15) is 0 Å². The van der Waals surface area contributed by atoms with Crippen molar-refractivity contribution in [2.75, 3.05) is 19.8 Å². The lowest BCUT2D eigenvalue weighted by atomic mass is 9.91. The quantitative estimate of drug-likeness (QED) is 0.702. The van der Waals surface area contributed by atoms with E-state index in [4.69, 9.17) is 4.74 Å². The second kappa shape index (κ2) is 8.12. The van der Waals surface area contributed by atoms with E-state index < -0.39 is 0 Å². The van der Waals surface area contributed by atoms with E-state index >= 15 is 0 Å². The molecule has 2 heteroatoms. The zero-order chi connectivity index (χ0) is 10.9. The Labute approximate surface area is 94.8 Å². The SMILES string of the molecule is CCCNC(CCC)CC1CCOCC1. The van der Waals surface area contributed by atoms with Gasteiger partial charge in [0.25, 0.3) is 0 Å². The Morgan fingerprint density at radius 1 is 1.20 bits per heavy atom. The van der Waals surface area contributed by atoms with E-state index in [1.807, 2.05) is 0 Å². The van der Waals surface area contributed by atoms with Crippen molar-refractivity contribution in [1.82, 2.24) is 5.32 Å². The minimum absolute atomic E-state index is 0.748. The first-order valence-corrected chi connectivity index (χ1v) is 6.68. The van der Waals surface area contributed by atoms with Crippen molar-refractivity contribution >= 4 is 0 Å². The molecule has 1 heterocycles. The second-order valence-corrected chi connectivity index (χ2v) is 4.73. The van der Waals surface area contributed by atoms with Gasteiger partial charge in [-0.3, -0.25) is 0 Å². The lowest BCUT2D eigenvalue weighted by molar-refractivity contribution is 0.0602. The Kier molecular flexibility index (Phi) is 7.03. The van der Waals surface area contributed by atoms with E-state index in [2.05, 4.69) is 19.2 Å². The summed E-state index contributed by atoms with van der Waals surface area (Å²) < 4.78 is 5.40. The van der Waals surface area contributed by atoms with E-state index in [1.54, 1.807) is 0 Å². The molecule has 0 radical (unpaired) electrons. The molecule has 1 rings (SSSR count). The van der Waals surface area contributed by atoms with E-state index in [0.717, 1.165) is 25.2 Å². The highest BCUT2D eigenvalue weighted by Gasteiger charge is 2.18. The Hall–Kier alpha value is -0.0800. The van der Waals surface area contributed by atoms with Crippen LogP contribution in [0.1, 0.15) is 52.4 Å². The Morgan fingerprint density at radius 2 is 1.93 bits per heavy atom. The van der Waals surface area contributed by atoms with Crippen molar-refractivity contribution in [1.29, 1.82) is 0 Å². The molecule has 2 nitrogen and oxygen atoms in total. The van der Waals surface area contributed by atoms with Gasteiger partial charge in [0, 0.05) is 19.3 Å². The van der Waals surface area contributed by atoms with E-state index in [0.29, 0.717) is 0 Å². The normalized spacial score (nSPS) is 20.4. The molecule has 0 aromatic rings. The summed E-state index contributed by atoms with van der Waals surface area (Å²) in [5.74, 6) is 0.902. The van der Waals surface area contributed by atoms with Crippen molar-refractivity contribution in [3.05, 3.63) is 0 Å². The van der Waals surface area contributed by atoms with Crippen LogP contribution in [-0.2, 0) is 4.74 Å². The summed E-state index contributed by atoms with van der Waals surface area (Å²) in [6.07, 6.45) is 7.77. The smallest absolute Gasteiger partial charge is 0.0468 e. The molecule has 0 spiro atoms. The molecule has 1 aliphatic heterocycles. The van der Waals surface area contributed by atoms with E-state index in [-0.39, 0.29) is 0 Å². The fraction of sp³-hybridized carbons (Fsp3) is 1.00. The van der Waals surface area contributed by atoms with Gasteiger partial charge in [-0.25, -0.2) is 0 Å². The van der Waals surface area contributed by atoms with Crippen molar-refractivity contribution in [3.8, 4) is 0 Å². The molecule has 0 aromatic heterocycles. The van der Waals surface area contributed by atoms with Crippen LogP contribution >= 0.6 is 0 Å². The maximum absolute atomic E-state index is 5.40. The van der Waals surface area contributed by atoms with Crippen LogP contribution < -0.4 is 5.32 Å². The monoisotopic (exact) mass is 213 g/mol. The summed E-state index contributed by atoms with van der Waals surface area (Å²) in [6.45, 7) is 7.66. The maximum atomic E-state index is 5.40. The number of hydrogen-bond acceptors (Lipinski definition) is 2. The fourth-order valence-electron chi connectivity index (χ4n) is 2.38. The maximum Gasteiger partial charge on any atom is 0.0468 e. The Morgan fingerprint density at radius 3 is 2.53 bits per heavy atom. The predicted octanol–water partition coefficient (Wildman–Crippen LogP) is 2.97. The number of ether oxygens (including phenoxy) is 1. The topological polar surface area (TPSA) is 21.3 Å². The lowest BCUT2D eigenvalue weighted by Crippen LogP contribution is -2.33. The molecule has 0 amide bonds. The van der Waals surface area contributed by atoms with Crippen LogP contribution in [-0.4, -0.2) is 25.8 Å². The van der Waals surface area contributed by atoms with Crippen LogP contribution in [0.3, 0.4) is 0 Å². The Bertz CT molecular complexity index is 143. The molecule has 1 aliphatic rings. The molecule has 1 saturated heterocycles. The molecule has 0 saturated carbocycles. The first kappa shape index (κ1) is 13.0. The minimum Gasteiger partial charge on any atom is -0.381 e. The molecule has 1 unspecified atom stereocenters. The summed E-state index contributed by atoms with van der Waals surface area (Å²) in [7, 11) is 0. The highest BCUT2D eigenvalue weighted by Crippen LogP contribution is 2.21. The first-order valence-electron chi connectivity index (χ1n) is 6.68. The predicted molar refractivity (Wildman–Crippen MR) is 65.1 cm³/mol. The van der Waals surface area contributed by atoms with Gasteiger partial charge in [-0.2, -0.15) is 0 Å². The van der Waals surface area contributed by atoms with Crippen LogP contribution in [0.4, 0.5) is 0 Å². The van der Waals surface area contributed by atoms with Crippen molar-refractivity contribution < 1.29 is 4.74 Å². The molecular weight excluding hydrogens is 186 g/mol. The summed E-state index contributed by atoms with van der Waals surface area (Å²) in [5, 5.41) is 3.68. The first-order chi connectivity index (χ1) is 7.36. The van der Waals surface area contributed by atoms with Gasteiger partial charge in [-0.1, -0.05) is 20.3 Å². The molecule has 1 fully saturated rings. The third kappa shape index (κ3) is 5.53. The lowest BCUT2D eigenvalue weighted by Gasteiger charge is -2.27. The number of nitrogens with one attached hydrogen (secondary N) is 1. The minimum atomic E-state index is 0.748. The summed E-state index contributed by atoms with van der Waals surface area (Å²) in [5.41, 5.74) is 0. The zero-order valence-corrected chi connectivity index (χ0v) is 10.4. The van der Waals surface area contributed by atoms with E-state index in [9.17, 15) is 0 Å². The van der Waals surface area contributed by atoms with Gasteiger partial charge >= 0.3 is 0 Å². The Balaban J connectivity index is 2.21. The molecule has 90 valence electrons. The standard InChI is InChI=1S/C13H27NO/c1-3-5-13(14-8-4-2)11-12-6-9-15-10-7-12/h12-14H,3-11H2,1-2H3. The van der Waals surface area contributed by atoms with Crippen LogP contribution in [0, 0.1) is 5.92 Å². The zero-order valence-electron chi connectivity index (χ0n) is 10.4. The molecule has 1 atom stereocenters. The molecule has 0 aromatic carbocycles. The third-order valence-corrected chi connectivity index (χ3v) is 3.28. The van der Waals surface area contributed by atoms with E-state index in [1.165, 1.54) is 45.1 Å². The van der Waals surface area contributed by atoms with Crippen molar-refractivity contribution in [2.45, 2.75) is 58.4 Å². The third-order valence-electron chi connectivity index (χ3n) is 3.28. The average Bonchev–Trinajstić information content (AvgIpc) is 2.28. The van der Waals surface area contributed by atoms with Gasteiger partial charge in [0.15, 0.2) is 0 Å². The van der Waals surface area contributed by atoms with Crippen LogP contribution in [0.2, 0.25) is 0 Å². The fourth-order valence-corrected chi connectivity index (χ4v) is 2.38. The number of hydrogen-bond donors (Lipinski definition) is 1. The van der Waals surface area contributed by atoms with Crippen molar-refractivity contribution in [3.63, 3.8) is 0 Å². The summed E-state index contributed by atoms with van der Waals surface area (Å²) >= 11 is 0. The summed E-state index contributed by atoms with van der Waals surface area (Å²) in [4.78, 5) is 0. The highest BCUT2D eigenvalue weighted by atomic mass is 16.5. The van der Waals surface area contributed by atoms with Gasteiger partial charge in [0.2, 0.25) is 0 Å². The average molecular weight is 213 g/mol. The second-order valence-electron chi connectivity index (χ2n) is 4.73. The molecule has 0 aliphatic carbocycles. The van der Waals surface area contributed by atoms with Crippen LogP contribution in [0.15, 0.2) is 0 Å². The van der Waals surface area contributed by atoms with Gasteiger partial charge in [-0.05, 0) is 44.6 Å². The van der Waals surface area contributed by atoms with Crippen LogP contribution in [0.5, 0.6) is 0 Å².